The standard InChI is InChI=1S/C23H30O3/c1-21(2,3)19(16-10-8-7-9-11-16)23(20(25)26,22(4,5)6)17-12-14-18(24)15-13-17/h7-15,19,24H,1-6H3,(H,25,26). The number of hydrogen-bond donors (Lipinski definition) is 2. The Balaban J connectivity index is 2.92. The fourth-order valence-corrected chi connectivity index (χ4v) is 4.37. The van der Waals surface area contributed by atoms with Gasteiger partial charge in [-0.3, -0.25) is 4.79 Å². The van der Waals surface area contributed by atoms with E-state index in [2.05, 4.69) is 20.8 Å². The molecule has 0 aliphatic carbocycles. The summed E-state index contributed by atoms with van der Waals surface area (Å²) in [7, 11) is 0. The van der Waals surface area contributed by atoms with Crippen LogP contribution < -0.4 is 0 Å². The highest BCUT2D eigenvalue weighted by molar-refractivity contribution is 5.84. The molecule has 0 heterocycles. The number of phenolic OH excluding ortho intramolecular Hbond substituents is 1. The third kappa shape index (κ3) is 3.35. The van der Waals surface area contributed by atoms with Crippen LogP contribution in [0.3, 0.4) is 0 Å². The lowest BCUT2D eigenvalue weighted by molar-refractivity contribution is -0.152. The van der Waals surface area contributed by atoms with E-state index in [1.807, 2.05) is 51.1 Å². The van der Waals surface area contributed by atoms with E-state index < -0.39 is 16.8 Å². The van der Waals surface area contributed by atoms with E-state index in [4.69, 9.17) is 0 Å². The van der Waals surface area contributed by atoms with Crippen LogP contribution in [-0.2, 0) is 10.2 Å². The minimum Gasteiger partial charge on any atom is -0.508 e. The highest BCUT2D eigenvalue weighted by atomic mass is 16.4. The molecule has 0 saturated heterocycles. The summed E-state index contributed by atoms with van der Waals surface area (Å²) in [4.78, 5) is 13.0. The van der Waals surface area contributed by atoms with Crippen molar-refractivity contribution in [1.29, 1.82) is 0 Å². The maximum atomic E-state index is 13.0. The maximum Gasteiger partial charge on any atom is 0.315 e. The normalized spacial score (nSPS) is 15.9. The molecule has 0 spiro atoms. The van der Waals surface area contributed by atoms with Crippen molar-refractivity contribution in [2.75, 3.05) is 0 Å². The lowest BCUT2D eigenvalue weighted by atomic mass is 9.49. The Kier molecular flexibility index (Phi) is 5.23. The van der Waals surface area contributed by atoms with Crippen LogP contribution in [0.15, 0.2) is 54.6 Å². The second-order valence-corrected chi connectivity index (χ2v) is 9.12. The Morgan fingerprint density at radius 3 is 1.73 bits per heavy atom. The summed E-state index contributed by atoms with van der Waals surface area (Å²) >= 11 is 0. The minimum atomic E-state index is -1.17. The van der Waals surface area contributed by atoms with Crippen molar-refractivity contribution < 1.29 is 15.0 Å². The molecule has 2 atom stereocenters. The minimum absolute atomic E-state index is 0.133. The number of benzene rings is 2. The molecule has 2 unspecified atom stereocenters. The predicted octanol–water partition coefficient (Wildman–Crippen LogP) is 5.59. The fourth-order valence-electron chi connectivity index (χ4n) is 4.37. The molecule has 2 aromatic carbocycles. The first-order chi connectivity index (χ1) is 11.9. The van der Waals surface area contributed by atoms with Crippen molar-refractivity contribution in [3.63, 3.8) is 0 Å². The lowest BCUT2D eigenvalue weighted by Crippen LogP contribution is -2.55. The Hall–Kier alpha value is -2.29. The molecule has 0 aromatic heterocycles. The number of aliphatic carboxylic acids is 1. The van der Waals surface area contributed by atoms with Gasteiger partial charge in [0.15, 0.2) is 0 Å². The average Bonchev–Trinajstić information content (AvgIpc) is 2.51. The van der Waals surface area contributed by atoms with E-state index in [1.54, 1.807) is 24.3 Å². The van der Waals surface area contributed by atoms with Gasteiger partial charge in [-0.2, -0.15) is 0 Å². The molecule has 0 aliphatic heterocycles. The van der Waals surface area contributed by atoms with Crippen LogP contribution in [0.5, 0.6) is 5.75 Å². The molecular formula is C23H30O3. The zero-order valence-electron chi connectivity index (χ0n) is 16.6. The molecule has 0 amide bonds. The Morgan fingerprint density at radius 2 is 1.35 bits per heavy atom. The molecule has 0 fully saturated rings. The van der Waals surface area contributed by atoms with Gasteiger partial charge in [0, 0.05) is 5.92 Å². The molecule has 0 aliphatic rings. The van der Waals surface area contributed by atoms with E-state index in [0.29, 0.717) is 5.56 Å². The maximum absolute atomic E-state index is 13.0. The van der Waals surface area contributed by atoms with Crippen LogP contribution in [0.1, 0.15) is 58.6 Å². The van der Waals surface area contributed by atoms with Gasteiger partial charge in [0.05, 0.1) is 0 Å². The Morgan fingerprint density at radius 1 is 0.846 bits per heavy atom. The number of carbonyl (C=O) groups is 1. The van der Waals surface area contributed by atoms with Crippen LogP contribution in [0.2, 0.25) is 0 Å². The summed E-state index contributed by atoms with van der Waals surface area (Å²) in [6.07, 6.45) is 0. The molecule has 2 aromatic rings. The van der Waals surface area contributed by atoms with Crippen molar-refractivity contribution in [2.24, 2.45) is 10.8 Å². The van der Waals surface area contributed by atoms with E-state index in [9.17, 15) is 15.0 Å². The molecule has 2 N–H and O–H groups in total. The van der Waals surface area contributed by atoms with Crippen molar-refractivity contribution in [2.45, 2.75) is 52.9 Å². The average molecular weight is 354 g/mol. The fraction of sp³-hybridized carbons (Fsp3) is 0.435. The van der Waals surface area contributed by atoms with Crippen LogP contribution in [0.25, 0.3) is 0 Å². The second kappa shape index (κ2) is 6.79. The van der Waals surface area contributed by atoms with Gasteiger partial charge in [0.1, 0.15) is 11.2 Å². The zero-order valence-corrected chi connectivity index (χ0v) is 16.6. The number of hydrogen-bond acceptors (Lipinski definition) is 2. The summed E-state index contributed by atoms with van der Waals surface area (Å²) in [6, 6.07) is 16.5. The van der Waals surface area contributed by atoms with E-state index in [1.165, 1.54) is 0 Å². The van der Waals surface area contributed by atoms with Crippen LogP contribution in [0, 0.1) is 10.8 Å². The zero-order chi connectivity index (χ0) is 19.8. The number of aromatic hydroxyl groups is 1. The van der Waals surface area contributed by atoms with Crippen molar-refractivity contribution in [3.8, 4) is 5.75 Å². The molecule has 3 heteroatoms. The van der Waals surface area contributed by atoms with Crippen molar-refractivity contribution >= 4 is 5.97 Å². The van der Waals surface area contributed by atoms with Crippen LogP contribution >= 0.6 is 0 Å². The molecule has 2 rings (SSSR count). The van der Waals surface area contributed by atoms with Crippen LogP contribution in [-0.4, -0.2) is 16.2 Å². The quantitative estimate of drug-likeness (QED) is 0.752. The van der Waals surface area contributed by atoms with Gasteiger partial charge in [-0.05, 0) is 34.1 Å². The van der Waals surface area contributed by atoms with Gasteiger partial charge in [-0.1, -0.05) is 84.0 Å². The molecular weight excluding hydrogens is 324 g/mol. The second-order valence-electron chi connectivity index (χ2n) is 9.12. The van der Waals surface area contributed by atoms with Crippen molar-refractivity contribution in [3.05, 3.63) is 65.7 Å². The topological polar surface area (TPSA) is 57.5 Å². The van der Waals surface area contributed by atoms with Gasteiger partial charge < -0.3 is 10.2 Å². The van der Waals surface area contributed by atoms with Crippen LogP contribution in [0.4, 0.5) is 0 Å². The summed E-state index contributed by atoms with van der Waals surface area (Å²) in [5.41, 5.74) is -0.320. The Bertz CT molecular complexity index is 749. The molecule has 140 valence electrons. The summed E-state index contributed by atoms with van der Waals surface area (Å²) in [6.45, 7) is 12.2. The first kappa shape index (κ1) is 20.0. The predicted molar refractivity (Wildman–Crippen MR) is 106 cm³/mol. The lowest BCUT2D eigenvalue weighted by Gasteiger charge is -2.52. The monoisotopic (exact) mass is 354 g/mol. The third-order valence-electron chi connectivity index (χ3n) is 5.27. The highest BCUT2D eigenvalue weighted by Gasteiger charge is 2.59. The SMILES string of the molecule is CC(C)(C)C(c1ccccc1)C(C(=O)O)(c1ccc(O)cc1)C(C)(C)C. The largest absolute Gasteiger partial charge is 0.508 e. The van der Waals surface area contributed by atoms with E-state index >= 15 is 0 Å². The van der Waals surface area contributed by atoms with Gasteiger partial charge in [-0.25, -0.2) is 0 Å². The number of rotatable bonds is 4. The van der Waals surface area contributed by atoms with Gasteiger partial charge in [0.2, 0.25) is 0 Å². The number of phenols is 1. The molecule has 0 radical (unpaired) electrons. The summed E-state index contributed by atoms with van der Waals surface area (Å²) < 4.78 is 0. The summed E-state index contributed by atoms with van der Waals surface area (Å²) in [5, 5.41) is 20.3. The molecule has 26 heavy (non-hydrogen) atoms. The molecule has 0 bridgehead atoms. The van der Waals surface area contributed by atoms with Gasteiger partial charge in [0.25, 0.3) is 0 Å². The molecule has 3 nitrogen and oxygen atoms in total. The van der Waals surface area contributed by atoms with Gasteiger partial charge in [-0.15, -0.1) is 0 Å². The summed E-state index contributed by atoms with van der Waals surface area (Å²) in [5.74, 6) is -0.980. The van der Waals surface area contributed by atoms with Crippen molar-refractivity contribution in [1.82, 2.24) is 0 Å². The third-order valence-corrected chi connectivity index (χ3v) is 5.27. The number of carboxylic acids is 1. The smallest absolute Gasteiger partial charge is 0.315 e. The molecule has 0 saturated carbocycles. The highest BCUT2D eigenvalue weighted by Crippen LogP contribution is 2.57. The first-order valence-electron chi connectivity index (χ1n) is 9.00. The van der Waals surface area contributed by atoms with Gasteiger partial charge >= 0.3 is 5.97 Å². The Labute approximate surface area is 156 Å². The number of carboxylic acid groups (broad SMARTS) is 1. The van der Waals surface area contributed by atoms with E-state index in [-0.39, 0.29) is 17.1 Å². The first-order valence-corrected chi connectivity index (χ1v) is 9.00. The van der Waals surface area contributed by atoms with E-state index in [0.717, 1.165) is 5.56 Å².